The van der Waals surface area contributed by atoms with Crippen LogP contribution in [0.5, 0.6) is 0 Å². The Morgan fingerprint density at radius 1 is 1.62 bits per heavy atom. The summed E-state index contributed by atoms with van der Waals surface area (Å²) < 4.78 is 0. The van der Waals surface area contributed by atoms with E-state index in [2.05, 4.69) is 5.32 Å². The summed E-state index contributed by atoms with van der Waals surface area (Å²) in [5.41, 5.74) is 5.10. The van der Waals surface area contributed by atoms with Crippen molar-refractivity contribution in [3.63, 3.8) is 0 Å². The molecule has 1 heterocycles. The first-order chi connectivity index (χ1) is 6.13. The molecule has 0 bridgehead atoms. The summed E-state index contributed by atoms with van der Waals surface area (Å²) >= 11 is 0. The SMILES string of the molecule is CCC(=O)NC1CCN(C(N)=O)C1. The fourth-order valence-electron chi connectivity index (χ4n) is 1.41. The molecule has 1 atom stereocenters. The van der Waals surface area contributed by atoms with Crippen molar-refractivity contribution in [1.82, 2.24) is 10.2 Å². The average Bonchev–Trinajstić information content (AvgIpc) is 2.52. The Kier molecular flexibility index (Phi) is 3.11. The fourth-order valence-corrected chi connectivity index (χ4v) is 1.41. The lowest BCUT2D eigenvalue weighted by Crippen LogP contribution is -2.39. The molecule has 0 aromatic carbocycles. The normalized spacial score (nSPS) is 21.6. The summed E-state index contributed by atoms with van der Waals surface area (Å²) in [6, 6.07) is -0.326. The van der Waals surface area contributed by atoms with Gasteiger partial charge in [-0.2, -0.15) is 0 Å². The quantitative estimate of drug-likeness (QED) is 0.618. The zero-order chi connectivity index (χ0) is 9.84. The van der Waals surface area contributed by atoms with Gasteiger partial charge in [0.2, 0.25) is 5.91 Å². The second-order valence-corrected chi connectivity index (χ2v) is 3.19. The van der Waals surface area contributed by atoms with Gasteiger partial charge >= 0.3 is 6.03 Å². The largest absolute Gasteiger partial charge is 0.352 e. The molecule has 5 nitrogen and oxygen atoms in total. The van der Waals surface area contributed by atoms with Crippen LogP contribution in [-0.2, 0) is 4.79 Å². The summed E-state index contributed by atoms with van der Waals surface area (Å²) in [6.45, 7) is 2.99. The molecule has 1 aliphatic rings. The van der Waals surface area contributed by atoms with Crippen molar-refractivity contribution in [2.45, 2.75) is 25.8 Å². The molecule has 3 N–H and O–H groups in total. The van der Waals surface area contributed by atoms with E-state index in [1.165, 1.54) is 0 Å². The lowest BCUT2D eigenvalue weighted by atomic mass is 10.2. The number of amides is 3. The Balaban J connectivity index is 2.33. The highest BCUT2D eigenvalue weighted by Gasteiger charge is 2.25. The number of primary amides is 1. The standard InChI is InChI=1S/C8H15N3O2/c1-2-7(12)10-6-3-4-11(5-6)8(9)13/h6H,2-5H2,1H3,(H2,9,13)(H,10,12). The number of carbonyl (C=O) groups is 2. The molecule has 1 aliphatic heterocycles. The van der Waals surface area contributed by atoms with Gasteiger partial charge in [-0.3, -0.25) is 4.79 Å². The molecule has 1 unspecified atom stereocenters. The van der Waals surface area contributed by atoms with Crippen LogP contribution < -0.4 is 11.1 Å². The van der Waals surface area contributed by atoms with E-state index in [-0.39, 0.29) is 11.9 Å². The molecule has 0 aromatic heterocycles. The molecule has 13 heavy (non-hydrogen) atoms. The Morgan fingerprint density at radius 2 is 2.31 bits per heavy atom. The Morgan fingerprint density at radius 3 is 2.77 bits per heavy atom. The van der Waals surface area contributed by atoms with Crippen molar-refractivity contribution in [1.29, 1.82) is 0 Å². The van der Waals surface area contributed by atoms with Crippen molar-refractivity contribution in [2.24, 2.45) is 5.73 Å². The third-order valence-corrected chi connectivity index (χ3v) is 2.19. The highest BCUT2D eigenvalue weighted by Crippen LogP contribution is 2.08. The van der Waals surface area contributed by atoms with E-state index in [1.54, 1.807) is 11.8 Å². The minimum atomic E-state index is -0.409. The predicted octanol–water partition coefficient (Wildman–Crippen LogP) is -0.334. The Bertz CT molecular complexity index is 217. The number of carbonyl (C=O) groups excluding carboxylic acids is 2. The molecule has 1 rings (SSSR count). The zero-order valence-electron chi connectivity index (χ0n) is 7.75. The van der Waals surface area contributed by atoms with Gasteiger partial charge in [0.25, 0.3) is 0 Å². The van der Waals surface area contributed by atoms with Crippen LogP contribution in [0.4, 0.5) is 4.79 Å². The molecule has 0 radical (unpaired) electrons. The van der Waals surface area contributed by atoms with Crippen LogP contribution in [-0.4, -0.2) is 36.0 Å². The van der Waals surface area contributed by atoms with Gasteiger partial charge in [0, 0.05) is 25.6 Å². The van der Waals surface area contributed by atoms with Crippen LogP contribution in [0.25, 0.3) is 0 Å². The van der Waals surface area contributed by atoms with Crippen LogP contribution in [0.1, 0.15) is 19.8 Å². The van der Waals surface area contributed by atoms with Gasteiger partial charge < -0.3 is 16.0 Å². The summed E-state index contributed by atoms with van der Waals surface area (Å²) in [4.78, 5) is 23.3. The van der Waals surface area contributed by atoms with E-state index in [0.29, 0.717) is 19.5 Å². The number of nitrogens with one attached hydrogen (secondary N) is 1. The van der Waals surface area contributed by atoms with E-state index < -0.39 is 6.03 Å². The minimum Gasteiger partial charge on any atom is -0.352 e. The number of likely N-dealkylation sites (tertiary alicyclic amines) is 1. The Hall–Kier alpha value is -1.26. The van der Waals surface area contributed by atoms with E-state index in [9.17, 15) is 9.59 Å². The third kappa shape index (κ3) is 2.61. The van der Waals surface area contributed by atoms with E-state index in [4.69, 9.17) is 5.73 Å². The number of nitrogens with two attached hydrogens (primary N) is 1. The van der Waals surface area contributed by atoms with Crippen LogP contribution in [0.15, 0.2) is 0 Å². The second kappa shape index (κ2) is 4.11. The molecule has 0 aliphatic carbocycles. The first-order valence-corrected chi connectivity index (χ1v) is 4.47. The first kappa shape index (κ1) is 9.83. The van der Waals surface area contributed by atoms with Crippen LogP contribution in [0, 0.1) is 0 Å². The summed E-state index contributed by atoms with van der Waals surface area (Å²) in [7, 11) is 0. The molecular weight excluding hydrogens is 170 g/mol. The lowest BCUT2D eigenvalue weighted by molar-refractivity contribution is -0.121. The van der Waals surface area contributed by atoms with Gasteiger partial charge in [0.05, 0.1) is 0 Å². The average molecular weight is 185 g/mol. The van der Waals surface area contributed by atoms with Crippen LogP contribution >= 0.6 is 0 Å². The molecule has 0 spiro atoms. The van der Waals surface area contributed by atoms with Crippen LogP contribution in [0.2, 0.25) is 0 Å². The smallest absolute Gasteiger partial charge is 0.314 e. The maximum Gasteiger partial charge on any atom is 0.314 e. The van der Waals surface area contributed by atoms with Gasteiger partial charge in [-0.15, -0.1) is 0 Å². The molecule has 5 heteroatoms. The maximum atomic E-state index is 11.0. The summed E-state index contributed by atoms with van der Waals surface area (Å²) in [5, 5.41) is 2.82. The fraction of sp³-hybridized carbons (Fsp3) is 0.750. The molecule has 3 amide bonds. The van der Waals surface area contributed by atoms with Crippen molar-refractivity contribution < 1.29 is 9.59 Å². The molecule has 0 saturated carbocycles. The van der Waals surface area contributed by atoms with Crippen molar-refractivity contribution in [2.75, 3.05) is 13.1 Å². The van der Waals surface area contributed by atoms with Gasteiger partial charge in [0.1, 0.15) is 0 Å². The number of hydrogen-bond donors (Lipinski definition) is 2. The zero-order valence-corrected chi connectivity index (χ0v) is 7.75. The minimum absolute atomic E-state index is 0.0244. The maximum absolute atomic E-state index is 11.0. The first-order valence-electron chi connectivity index (χ1n) is 4.47. The van der Waals surface area contributed by atoms with Crippen LogP contribution in [0.3, 0.4) is 0 Å². The monoisotopic (exact) mass is 185 g/mol. The van der Waals surface area contributed by atoms with E-state index in [0.717, 1.165) is 6.42 Å². The number of urea groups is 1. The molecule has 0 aromatic rings. The summed E-state index contributed by atoms with van der Waals surface area (Å²) in [5.74, 6) is 0.0244. The predicted molar refractivity (Wildman–Crippen MR) is 48.0 cm³/mol. The number of hydrogen-bond acceptors (Lipinski definition) is 2. The molecule has 1 saturated heterocycles. The summed E-state index contributed by atoms with van der Waals surface area (Å²) in [6.07, 6.45) is 1.28. The van der Waals surface area contributed by atoms with Gasteiger partial charge in [-0.05, 0) is 6.42 Å². The second-order valence-electron chi connectivity index (χ2n) is 3.19. The highest BCUT2D eigenvalue weighted by atomic mass is 16.2. The van der Waals surface area contributed by atoms with E-state index >= 15 is 0 Å². The molecule has 1 fully saturated rings. The van der Waals surface area contributed by atoms with E-state index in [1.807, 2.05) is 0 Å². The number of rotatable bonds is 2. The van der Waals surface area contributed by atoms with Gasteiger partial charge in [-0.1, -0.05) is 6.92 Å². The Labute approximate surface area is 77.3 Å². The molecular formula is C8H15N3O2. The topological polar surface area (TPSA) is 75.4 Å². The van der Waals surface area contributed by atoms with Gasteiger partial charge in [0.15, 0.2) is 0 Å². The third-order valence-electron chi connectivity index (χ3n) is 2.19. The molecule has 74 valence electrons. The van der Waals surface area contributed by atoms with Gasteiger partial charge in [-0.25, -0.2) is 4.79 Å². The number of nitrogens with zero attached hydrogens (tertiary/aromatic N) is 1. The van der Waals surface area contributed by atoms with Crippen molar-refractivity contribution in [3.05, 3.63) is 0 Å². The lowest BCUT2D eigenvalue weighted by Gasteiger charge is -2.13. The highest BCUT2D eigenvalue weighted by molar-refractivity contribution is 5.76. The van der Waals surface area contributed by atoms with Crippen molar-refractivity contribution in [3.8, 4) is 0 Å². The van der Waals surface area contributed by atoms with Crippen molar-refractivity contribution >= 4 is 11.9 Å².